The van der Waals surface area contributed by atoms with Crippen molar-refractivity contribution in [2.75, 3.05) is 33.9 Å². The number of methoxy groups -OCH3 is 2. The van der Waals surface area contributed by atoms with Crippen molar-refractivity contribution >= 4 is 0 Å². The minimum absolute atomic E-state index is 0. The first-order chi connectivity index (χ1) is 8.80. The molecule has 1 heterocycles. The number of hydrogen-bond donors (Lipinski definition) is 2. The number of nitrogens with one attached hydrogen (secondary N) is 1. The van der Waals surface area contributed by atoms with Crippen molar-refractivity contribution in [1.29, 1.82) is 0 Å². The number of ether oxygens (including phenoxy) is 2. The van der Waals surface area contributed by atoms with Gasteiger partial charge >= 0.3 is 0 Å². The van der Waals surface area contributed by atoms with Crippen molar-refractivity contribution in [3.8, 4) is 11.5 Å². The first-order valence-corrected chi connectivity index (χ1v) is 6.66. The van der Waals surface area contributed by atoms with Crippen LogP contribution in [0.3, 0.4) is 0 Å². The lowest BCUT2D eigenvalue weighted by atomic mass is 10.0. The van der Waals surface area contributed by atoms with E-state index in [0.29, 0.717) is 6.04 Å². The van der Waals surface area contributed by atoms with Crippen LogP contribution in [0, 0.1) is 0 Å². The second kappa shape index (κ2) is 9.29. The summed E-state index contributed by atoms with van der Waals surface area (Å²) in [7, 11) is 3.35. The van der Waals surface area contributed by atoms with Crippen LogP contribution in [0.4, 0.5) is 0 Å². The third-order valence-electron chi connectivity index (χ3n) is 3.84. The highest BCUT2D eigenvalue weighted by Gasteiger charge is 2.28. The maximum Gasteiger partial charge on any atom is 0.163 e. The molecular weight excluding hydrogens is 299 g/mol. The molecule has 6 heteroatoms. The van der Waals surface area contributed by atoms with E-state index in [9.17, 15) is 0 Å². The Kier molecular flexibility index (Phi) is 8.98. The molecule has 2 rings (SSSR count). The zero-order valence-corrected chi connectivity index (χ0v) is 13.6. The highest BCUT2D eigenvalue weighted by atomic mass is 35.5. The van der Waals surface area contributed by atoms with Crippen LogP contribution in [0.1, 0.15) is 24.4 Å². The van der Waals surface area contributed by atoms with Crippen molar-refractivity contribution in [3.63, 3.8) is 0 Å². The molecule has 1 aromatic rings. The van der Waals surface area contributed by atoms with Gasteiger partial charge in [-0.1, -0.05) is 0 Å². The van der Waals surface area contributed by atoms with Gasteiger partial charge in [0.2, 0.25) is 0 Å². The molecule has 1 aliphatic rings. The second-order valence-electron chi connectivity index (χ2n) is 4.82. The second-order valence-corrected chi connectivity index (χ2v) is 4.82. The number of likely N-dealkylation sites (tertiary alicyclic amines) is 1. The van der Waals surface area contributed by atoms with Crippen LogP contribution in [0.25, 0.3) is 0 Å². The van der Waals surface area contributed by atoms with Gasteiger partial charge in [0.25, 0.3) is 0 Å². The Morgan fingerprint density at radius 3 is 2.20 bits per heavy atom. The summed E-state index contributed by atoms with van der Waals surface area (Å²) in [5, 5.41) is 0. The van der Waals surface area contributed by atoms with Gasteiger partial charge in [-0.2, -0.15) is 0 Å². The molecule has 0 bridgehead atoms. The topological polar surface area (TPSA) is 50.5 Å². The highest BCUT2D eigenvalue weighted by Crippen LogP contribution is 2.29. The van der Waals surface area contributed by atoms with Crippen LogP contribution >= 0.6 is 0 Å². The Bertz CT molecular complexity index is 399. The predicted octanol–water partition coefficient (Wildman–Crippen LogP) is -6.33. The van der Waals surface area contributed by atoms with E-state index in [1.165, 1.54) is 31.5 Å². The molecule has 116 valence electrons. The Balaban J connectivity index is 0.00000180. The molecule has 1 unspecified atom stereocenters. The Hall–Kier alpha value is -0.680. The van der Waals surface area contributed by atoms with Crippen molar-refractivity contribution in [2.24, 2.45) is 0 Å². The molecule has 1 saturated heterocycles. The molecule has 1 aliphatic heterocycles. The average Bonchev–Trinajstić information content (AvgIpc) is 2.93. The van der Waals surface area contributed by atoms with Gasteiger partial charge in [0.15, 0.2) is 17.5 Å². The van der Waals surface area contributed by atoms with Crippen molar-refractivity contribution < 1.29 is 44.9 Å². The van der Waals surface area contributed by atoms with E-state index in [4.69, 9.17) is 9.47 Å². The largest absolute Gasteiger partial charge is 1.00 e. The fourth-order valence-electron chi connectivity index (χ4n) is 2.85. The van der Waals surface area contributed by atoms with E-state index >= 15 is 0 Å². The summed E-state index contributed by atoms with van der Waals surface area (Å²) in [6.45, 7) is 3.44. The molecule has 1 atom stereocenters. The summed E-state index contributed by atoms with van der Waals surface area (Å²) in [6, 6.07) is 6.71. The van der Waals surface area contributed by atoms with Crippen LogP contribution < -0.4 is 44.9 Å². The fourth-order valence-corrected chi connectivity index (χ4v) is 2.85. The lowest BCUT2D eigenvalue weighted by Gasteiger charge is -2.22. The summed E-state index contributed by atoms with van der Waals surface area (Å²) < 4.78 is 10.7. The summed E-state index contributed by atoms with van der Waals surface area (Å²) in [5.74, 6) is 1.60. The average molecular weight is 323 g/mol. The van der Waals surface area contributed by atoms with Gasteiger partial charge in [0.05, 0.1) is 27.3 Å². The molecule has 1 aromatic carbocycles. The summed E-state index contributed by atoms with van der Waals surface area (Å²) >= 11 is 0. The normalized spacial score (nSPS) is 15.9. The third kappa shape index (κ3) is 4.16. The zero-order chi connectivity index (χ0) is 13.0. The van der Waals surface area contributed by atoms with E-state index in [2.05, 4.69) is 17.9 Å². The first kappa shape index (κ1) is 19.3. The van der Waals surface area contributed by atoms with E-state index in [0.717, 1.165) is 18.0 Å². The minimum Gasteiger partial charge on any atom is -1.00 e. The van der Waals surface area contributed by atoms with E-state index in [1.54, 1.807) is 19.1 Å². The van der Waals surface area contributed by atoms with E-state index in [-0.39, 0.29) is 24.8 Å². The van der Waals surface area contributed by atoms with Crippen LogP contribution in [0.15, 0.2) is 18.2 Å². The van der Waals surface area contributed by atoms with Crippen LogP contribution in [-0.2, 0) is 0 Å². The van der Waals surface area contributed by atoms with Crippen LogP contribution in [-0.4, -0.2) is 33.9 Å². The molecule has 4 nitrogen and oxygen atoms in total. The molecule has 0 amide bonds. The number of halogens is 2. The van der Waals surface area contributed by atoms with Gasteiger partial charge in [-0.25, -0.2) is 0 Å². The quantitative estimate of drug-likeness (QED) is 0.566. The molecule has 4 N–H and O–H groups in total. The Morgan fingerprint density at radius 2 is 1.70 bits per heavy atom. The minimum atomic E-state index is 0. The standard InChI is InChI=1S/C14H22N2O2.2ClH/c1-17-13-6-5-11(9-14(13)18-2)12(10-15)16-7-3-4-8-16;;/h5-6,9,12H,3-4,7-8,10,15H2,1-2H3;2*1H. The number of rotatable bonds is 5. The van der Waals surface area contributed by atoms with Gasteiger partial charge in [0.1, 0.15) is 6.54 Å². The summed E-state index contributed by atoms with van der Waals surface area (Å²) in [4.78, 5) is 1.65. The molecule has 0 spiro atoms. The van der Waals surface area contributed by atoms with Gasteiger partial charge in [-0.3, -0.25) is 0 Å². The third-order valence-corrected chi connectivity index (χ3v) is 3.84. The molecule has 0 radical (unpaired) electrons. The molecule has 1 fully saturated rings. The smallest absolute Gasteiger partial charge is 0.163 e. The molecule has 20 heavy (non-hydrogen) atoms. The monoisotopic (exact) mass is 322 g/mol. The molecular formula is C14H24Cl2N2O2. The van der Waals surface area contributed by atoms with Crippen LogP contribution in [0.2, 0.25) is 0 Å². The van der Waals surface area contributed by atoms with Crippen molar-refractivity contribution in [1.82, 2.24) is 0 Å². The Labute approximate surface area is 133 Å². The highest BCUT2D eigenvalue weighted by molar-refractivity contribution is 5.43. The summed E-state index contributed by atoms with van der Waals surface area (Å²) in [5.41, 5.74) is 5.42. The zero-order valence-electron chi connectivity index (χ0n) is 12.1. The molecule has 0 saturated carbocycles. The van der Waals surface area contributed by atoms with Crippen LogP contribution in [0.5, 0.6) is 11.5 Å². The maximum absolute atomic E-state index is 5.38. The lowest BCUT2D eigenvalue weighted by molar-refractivity contribution is -0.926. The van der Waals surface area contributed by atoms with Crippen molar-refractivity contribution in [2.45, 2.75) is 18.9 Å². The molecule has 0 aliphatic carbocycles. The first-order valence-electron chi connectivity index (χ1n) is 6.66. The SMILES string of the molecule is COc1ccc(C(C[NH3+])[NH+]2CCCC2)cc1OC.[Cl-].[Cl-]. The van der Waals surface area contributed by atoms with Gasteiger partial charge in [0, 0.05) is 18.4 Å². The molecule has 0 aromatic heterocycles. The Morgan fingerprint density at radius 1 is 1.10 bits per heavy atom. The van der Waals surface area contributed by atoms with E-state index < -0.39 is 0 Å². The van der Waals surface area contributed by atoms with Gasteiger partial charge in [-0.05, 0) is 18.2 Å². The number of quaternary nitrogens is 2. The predicted molar refractivity (Wildman–Crippen MR) is 70.0 cm³/mol. The fraction of sp³-hybridized carbons (Fsp3) is 0.571. The van der Waals surface area contributed by atoms with E-state index in [1.807, 2.05) is 6.07 Å². The van der Waals surface area contributed by atoms with Gasteiger partial charge < -0.3 is 44.9 Å². The van der Waals surface area contributed by atoms with Gasteiger partial charge in [-0.15, -0.1) is 0 Å². The summed E-state index contributed by atoms with van der Waals surface area (Å²) in [6.07, 6.45) is 2.66. The number of benzene rings is 1. The lowest BCUT2D eigenvalue weighted by Crippen LogP contribution is -3.11. The number of hydrogen-bond acceptors (Lipinski definition) is 2. The van der Waals surface area contributed by atoms with Crippen molar-refractivity contribution in [3.05, 3.63) is 23.8 Å². The maximum atomic E-state index is 5.38.